The van der Waals surface area contributed by atoms with Gasteiger partial charge in [-0.25, -0.2) is 4.98 Å². The second kappa shape index (κ2) is 5.94. The van der Waals surface area contributed by atoms with Crippen LogP contribution in [-0.4, -0.2) is 18.1 Å². The van der Waals surface area contributed by atoms with Crippen LogP contribution in [0.3, 0.4) is 0 Å². The summed E-state index contributed by atoms with van der Waals surface area (Å²) in [6, 6.07) is 11.0. The lowest BCUT2D eigenvalue weighted by Gasteiger charge is -2.34. The van der Waals surface area contributed by atoms with Gasteiger partial charge < -0.3 is 10.6 Å². The maximum atomic E-state index is 6.26. The van der Waals surface area contributed by atoms with Crippen LogP contribution in [0.15, 0.2) is 35.7 Å². The molecule has 3 rings (SSSR count). The first-order valence-electron chi connectivity index (χ1n) is 7.22. The van der Waals surface area contributed by atoms with Crippen LogP contribution in [-0.2, 0) is 6.42 Å². The Morgan fingerprint density at radius 1 is 1.35 bits per heavy atom. The highest BCUT2D eigenvalue weighted by molar-refractivity contribution is 7.13. The van der Waals surface area contributed by atoms with Gasteiger partial charge in [0.2, 0.25) is 0 Å². The standard InChI is InChI=1S/C16H21N3S/c1-19(14-8-5-9-14)16-18-13(11-20-16)10-15(17)12-6-3-2-4-7-12/h2-4,6-7,11,14-15H,5,8-10,17H2,1H3. The normalized spacial score (nSPS) is 16.7. The predicted molar refractivity (Wildman–Crippen MR) is 85.2 cm³/mol. The number of anilines is 1. The first-order chi connectivity index (χ1) is 9.74. The number of nitrogens with zero attached hydrogens (tertiary/aromatic N) is 2. The average Bonchev–Trinajstić information content (AvgIpc) is 2.86. The third-order valence-corrected chi connectivity index (χ3v) is 5.10. The fourth-order valence-electron chi connectivity index (χ4n) is 2.53. The lowest BCUT2D eigenvalue weighted by molar-refractivity contribution is 0.400. The summed E-state index contributed by atoms with van der Waals surface area (Å²) in [4.78, 5) is 7.07. The van der Waals surface area contributed by atoms with Gasteiger partial charge in [0, 0.05) is 30.9 Å². The summed E-state index contributed by atoms with van der Waals surface area (Å²) < 4.78 is 0. The number of benzene rings is 1. The minimum atomic E-state index is 0.0279. The van der Waals surface area contributed by atoms with Crippen molar-refractivity contribution in [1.82, 2.24) is 4.98 Å². The van der Waals surface area contributed by atoms with E-state index in [2.05, 4.69) is 29.5 Å². The Kier molecular flexibility index (Phi) is 4.03. The maximum Gasteiger partial charge on any atom is 0.185 e. The van der Waals surface area contributed by atoms with Crippen LogP contribution in [0, 0.1) is 0 Å². The van der Waals surface area contributed by atoms with Crippen LogP contribution in [0.5, 0.6) is 0 Å². The van der Waals surface area contributed by atoms with Crippen molar-refractivity contribution in [1.29, 1.82) is 0 Å². The number of thiazole rings is 1. The van der Waals surface area contributed by atoms with Gasteiger partial charge >= 0.3 is 0 Å². The maximum absolute atomic E-state index is 6.26. The number of aromatic nitrogens is 1. The van der Waals surface area contributed by atoms with Gasteiger partial charge in [0.05, 0.1) is 5.69 Å². The van der Waals surface area contributed by atoms with Gasteiger partial charge in [-0.1, -0.05) is 30.3 Å². The zero-order chi connectivity index (χ0) is 13.9. The average molecular weight is 287 g/mol. The molecule has 1 aliphatic rings. The molecule has 0 aliphatic heterocycles. The molecule has 2 aromatic rings. The Hall–Kier alpha value is -1.39. The van der Waals surface area contributed by atoms with Crippen LogP contribution in [0.1, 0.15) is 36.6 Å². The molecule has 1 aromatic carbocycles. The van der Waals surface area contributed by atoms with Crippen LogP contribution in [0.2, 0.25) is 0 Å². The predicted octanol–water partition coefficient (Wildman–Crippen LogP) is 3.37. The molecule has 1 heterocycles. The summed E-state index contributed by atoms with van der Waals surface area (Å²) in [5, 5.41) is 3.28. The summed E-state index contributed by atoms with van der Waals surface area (Å²) >= 11 is 1.73. The molecule has 1 saturated carbocycles. The molecular weight excluding hydrogens is 266 g/mol. The van der Waals surface area contributed by atoms with E-state index in [1.54, 1.807) is 11.3 Å². The number of rotatable bonds is 5. The molecule has 3 nitrogen and oxygen atoms in total. The van der Waals surface area contributed by atoms with Crippen LogP contribution < -0.4 is 10.6 Å². The van der Waals surface area contributed by atoms with E-state index in [0.29, 0.717) is 6.04 Å². The lowest BCUT2D eigenvalue weighted by atomic mass is 9.92. The second-order valence-electron chi connectivity index (χ2n) is 5.54. The van der Waals surface area contributed by atoms with Crippen LogP contribution in [0.25, 0.3) is 0 Å². The highest BCUT2D eigenvalue weighted by Crippen LogP contribution is 2.30. The van der Waals surface area contributed by atoms with Crippen molar-refractivity contribution in [2.24, 2.45) is 5.73 Å². The molecule has 2 N–H and O–H groups in total. The van der Waals surface area contributed by atoms with Crippen LogP contribution in [0.4, 0.5) is 5.13 Å². The molecule has 0 bridgehead atoms. The van der Waals surface area contributed by atoms with Crippen molar-refractivity contribution in [2.75, 3.05) is 11.9 Å². The van der Waals surface area contributed by atoms with Gasteiger partial charge in [-0.05, 0) is 24.8 Å². The first-order valence-corrected chi connectivity index (χ1v) is 8.10. The minimum absolute atomic E-state index is 0.0279. The fraction of sp³-hybridized carbons (Fsp3) is 0.438. The Morgan fingerprint density at radius 3 is 2.75 bits per heavy atom. The van der Waals surface area contributed by atoms with Gasteiger partial charge in [0.15, 0.2) is 5.13 Å². The molecule has 106 valence electrons. The highest BCUT2D eigenvalue weighted by Gasteiger charge is 2.24. The smallest absolute Gasteiger partial charge is 0.185 e. The molecule has 0 spiro atoms. The van der Waals surface area contributed by atoms with E-state index in [0.717, 1.165) is 17.2 Å². The highest BCUT2D eigenvalue weighted by atomic mass is 32.1. The molecular formula is C16H21N3S. The Bertz CT molecular complexity index is 548. The lowest BCUT2D eigenvalue weighted by Crippen LogP contribution is -2.37. The third-order valence-electron chi connectivity index (χ3n) is 4.12. The number of nitrogens with two attached hydrogens (primary N) is 1. The van der Waals surface area contributed by atoms with Crippen molar-refractivity contribution in [3.8, 4) is 0 Å². The Labute approximate surface area is 124 Å². The van der Waals surface area contributed by atoms with E-state index in [1.807, 2.05) is 18.2 Å². The van der Waals surface area contributed by atoms with Crippen molar-refractivity contribution in [3.63, 3.8) is 0 Å². The molecule has 0 amide bonds. The molecule has 1 aliphatic carbocycles. The van der Waals surface area contributed by atoms with Gasteiger partial charge in [-0.2, -0.15) is 0 Å². The SMILES string of the molecule is CN(c1nc(CC(N)c2ccccc2)cs1)C1CCC1. The Morgan fingerprint density at radius 2 is 2.10 bits per heavy atom. The quantitative estimate of drug-likeness (QED) is 0.916. The summed E-state index contributed by atoms with van der Waals surface area (Å²) in [5.41, 5.74) is 8.54. The summed E-state index contributed by atoms with van der Waals surface area (Å²) in [7, 11) is 2.16. The minimum Gasteiger partial charge on any atom is -0.348 e. The zero-order valence-corrected chi connectivity index (χ0v) is 12.6. The monoisotopic (exact) mass is 287 g/mol. The molecule has 20 heavy (non-hydrogen) atoms. The van der Waals surface area contributed by atoms with Gasteiger partial charge in [0.1, 0.15) is 0 Å². The molecule has 1 unspecified atom stereocenters. The number of hydrogen-bond donors (Lipinski definition) is 1. The van der Waals surface area contributed by atoms with Gasteiger partial charge in [-0.3, -0.25) is 0 Å². The van der Waals surface area contributed by atoms with Gasteiger partial charge in [-0.15, -0.1) is 11.3 Å². The molecule has 1 fully saturated rings. The van der Waals surface area contributed by atoms with Gasteiger partial charge in [0.25, 0.3) is 0 Å². The van der Waals surface area contributed by atoms with E-state index in [9.17, 15) is 0 Å². The summed E-state index contributed by atoms with van der Waals surface area (Å²) in [6.45, 7) is 0. The summed E-state index contributed by atoms with van der Waals surface area (Å²) in [6.07, 6.45) is 4.76. The molecule has 1 atom stereocenters. The largest absolute Gasteiger partial charge is 0.348 e. The number of hydrogen-bond acceptors (Lipinski definition) is 4. The molecule has 0 radical (unpaired) electrons. The van der Waals surface area contributed by atoms with E-state index in [4.69, 9.17) is 10.7 Å². The molecule has 1 aromatic heterocycles. The van der Waals surface area contributed by atoms with E-state index >= 15 is 0 Å². The molecule has 4 heteroatoms. The van der Waals surface area contributed by atoms with Crippen molar-refractivity contribution >= 4 is 16.5 Å². The van der Waals surface area contributed by atoms with E-state index < -0.39 is 0 Å². The van der Waals surface area contributed by atoms with Crippen molar-refractivity contribution < 1.29 is 0 Å². The Balaban J connectivity index is 1.65. The van der Waals surface area contributed by atoms with E-state index in [1.165, 1.54) is 24.8 Å². The topological polar surface area (TPSA) is 42.2 Å². The first kappa shape index (κ1) is 13.6. The van der Waals surface area contributed by atoms with Crippen LogP contribution >= 0.6 is 11.3 Å². The second-order valence-corrected chi connectivity index (χ2v) is 6.37. The van der Waals surface area contributed by atoms with Crippen molar-refractivity contribution in [2.45, 2.75) is 37.8 Å². The zero-order valence-electron chi connectivity index (χ0n) is 11.8. The fourth-order valence-corrected chi connectivity index (χ4v) is 3.40. The van der Waals surface area contributed by atoms with Crippen molar-refractivity contribution in [3.05, 3.63) is 47.0 Å². The molecule has 0 saturated heterocycles. The summed E-state index contributed by atoms with van der Waals surface area (Å²) in [5.74, 6) is 0. The van der Waals surface area contributed by atoms with E-state index in [-0.39, 0.29) is 6.04 Å². The third kappa shape index (κ3) is 2.86.